The first-order valence-electron chi connectivity index (χ1n) is 15.1. The van der Waals surface area contributed by atoms with Crippen LogP contribution in [-0.2, 0) is 11.8 Å². The zero-order chi connectivity index (χ0) is 26.0. The van der Waals surface area contributed by atoms with Gasteiger partial charge < -0.3 is 0 Å². The van der Waals surface area contributed by atoms with Crippen LogP contribution in [0.2, 0.25) is 0 Å². The first-order valence-corrected chi connectivity index (χ1v) is 15.1. The van der Waals surface area contributed by atoms with Gasteiger partial charge in [0.1, 0.15) is 0 Å². The third-order valence-electron chi connectivity index (χ3n) is 9.83. The summed E-state index contributed by atoms with van der Waals surface area (Å²) in [6, 6.07) is 18.7. The molecular weight excluding hydrogens is 456 g/mol. The highest BCUT2D eigenvalue weighted by Gasteiger charge is 2.41. The van der Waals surface area contributed by atoms with E-state index in [1.165, 1.54) is 90.5 Å². The fraction of sp³-hybridized carbons (Fsp3) is 0.368. The lowest BCUT2D eigenvalue weighted by Gasteiger charge is -2.46. The molecule has 0 nitrogen and oxygen atoms in total. The Morgan fingerprint density at radius 2 is 1.58 bits per heavy atom. The molecule has 0 bridgehead atoms. The van der Waals surface area contributed by atoms with Gasteiger partial charge in [0.2, 0.25) is 0 Å². The minimum atomic E-state index is 0.370. The average Bonchev–Trinajstić information content (AvgIpc) is 3.62. The van der Waals surface area contributed by atoms with Crippen LogP contribution in [0, 0.1) is 11.8 Å². The zero-order valence-electron chi connectivity index (χ0n) is 23.3. The van der Waals surface area contributed by atoms with Gasteiger partial charge in [-0.3, -0.25) is 0 Å². The summed E-state index contributed by atoms with van der Waals surface area (Å²) < 4.78 is 0. The van der Waals surface area contributed by atoms with Crippen LogP contribution >= 0.6 is 0 Å². The van der Waals surface area contributed by atoms with Crippen LogP contribution in [0.15, 0.2) is 108 Å². The molecule has 3 unspecified atom stereocenters. The van der Waals surface area contributed by atoms with Gasteiger partial charge >= 0.3 is 0 Å². The third kappa shape index (κ3) is 4.64. The maximum atomic E-state index is 2.53. The third-order valence-corrected chi connectivity index (χ3v) is 9.83. The molecule has 0 heteroatoms. The average molecular weight is 499 g/mol. The van der Waals surface area contributed by atoms with E-state index in [0.29, 0.717) is 5.41 Å². The molecule has 3 aromatic rings. The summed E-state index contributed by atoms with van der Waals surface area (Å²) in [4.78, 5) is 0. The first-order chi connectivity index (χ1) is 18.7. The van der Waals surface area contributed by atoms with Crippen molar-refractivity contribution in [3.8, 4) is 0 Å². The highest BCUT2D eigenvalue weighted by Crippen LogP contribution is 2.51. The molecule has 0 radical (unpaired) electrons. The predicted octanol–water partition coefficient (Wildman–Crippen LogP) is 10.7. The maximum Gasteiger partial charge on any atom is -0.00438 e. The van der Waals surface area contributed by atoms with Gasteiger partial charge in [-0.2, -0.15) is 0 Å². The van der Waals surface area contributed by atoms with E-state index in [1.807, 2.05) is 0 Å². The molecule has 0 spiro atoms. The van der Waals surface area contributed by atoms with Crippen molar-refractivity contribution in [1.82, 2.24) is 0 Å². The van der Waals surface area contributed by atoms with Gasteiger partial charge in [-0.05, 0) is 106 Å². The number of unbranched alkanes of at least 4 members (excludes halogenated alkanes) is 1. The normalized spacial score (nSPS) is 25.1. The summed E-state index contributed by atoms with van der Waals surface area (Å²) in [5.74, 6) is 1.70. The molecule has 0 aliphatic heterocycles. The van der Waals surface area contributed by atoms with E-state index >= 15 is 0 Å². The van der Waals surface area contributed by atoms with Gasteiger partial charge in [0, 0.05) is 0 Å². The van der Waals surface area contributed by atoms with E-state index in [4.69, 9.17) is 0 Å². The number of fused-ring (bicyclic) bond motifs is 6. The van der Waals surface area contributed by atoms with E-state index in [0.717, 1.165) is 11.8 Å². The predicted molar refractivity (Wildman–Crippen MR) is 166 cm³/mol. The first kappa shape index (κ1) is 25.2. The van der Waals surface area contributed by atoms with Crippen molar-refractivity contribution < 1.29 is 0 Å². The minimum absolute atomic E-state index is 0.370. The van der Waals surface area contributed by atoms with Crippen LogP contribution in [0.1, 0.15) is 76.3 Å². The number of benzene rings is 3. The van der Waals surface area contributed by atoms with Gasteiger partial charge in [-0.1, -0.05) is 124 Å². The number of rotatable bonds is 5. The number of hydrogen-bond acceptors (Lipinski definition) is 0. The standard InChI is InChI=1S/C30H36.C8H6/c1-3-5-19-30(4-2)21-24(22-11-7-6-8-12-22)20-28-27-16-15-23-13-9-10-14-25(23)26(27)17-18-29(28)30;1-3-7-5-2-6-8(7)4-1/h6-7,9-10,13-18,22,24H,3-5,8,11-12,19-21H2,1-2H3;1-6H. The van der Waals surface area contributed by atoms with Gasteiger partial charge in [0.25, 0.3) is 0 Å². The fourth-order valence-corrected chi connectivity index (χ4v) is 7.66. The molecule has 4 aliphatic rings. The minimum Gasteiger partial charge on any atom is -0.0885 e. The van der Waals surface area contributed by atoms with Crippen molar-refractivity contribution in [2.24, 2.45) is 11.8 Å². The SMILES string of the molecule is C1=CC2=CC=CC2=C1.CCCCC1(CC)CC(C2CC=CCC2)Cc2c1ccc1c2ccc2ccccc21. The Labute approximate surface area is 229 Å². The highest BCUT2D eigenvalue weighted by molar-refractivity contribution is 6.08. The second-order valence-electron chi connectivity index (χ2n) is 11.9. The monoisotopic (exact) mass is 498 g/mol. The Balaban J connectivity index is 0.000000279. The fourth-order valence-electron chi connectivity index (χ4n) is 7.66. The Kier molecular flexibility index (Phi) is 7.24. The Morgan fingerprint density at radius 3 is 2.32 bits per heavy atom. The summed E-state index contributed by atoms with van der Waals surface area (Å²) in [5, 5.41) is 5.76. The van der Waals surface area contributed by atoms with Gasteiger partial charge in [-0.25, -0.2) is 0 Å². The van der Waals surface area contributed by atoms with Crippen molar-refractivity contribution in [1.29, 1.82) is 0 Å². The Hall–Kier alpha value is -3.12. The molecule has 0 saturated heterocycles. The van der Waals surface area contributed by atoms with E-state index in [-0.39, 0.29) is 0 Å². The van der Waals surface area contributed by atoms with Gasteiger partial charge in [-0.15, -0.1) is 0 Å². The van der Waals surface area contributed by atoms with E-state index in [9.17, 15) is 0 Å². The summed E-state index contributed by atoms with van der Waals surface area (Å²) in [6.45, 7) is 4.80. The topological polar surface area (TPSA) is 0 Å². The molecule has 0 amide bonds. The smallest absolute Gasteiger partial charge is 0.00438 e. The second-order valence-corrected chi connectivity index (χ2v) is 11.9. The molecule has 194 valence electrons. The van der Waals surface area contributed by atoms with Crippen LogP contribution in [0.25, 0.3) is 21.5 Å². The van der Waals surface area contributed by atoms with Crippen molar-refractivity contribution in [3.05, 3.63) is 119 Å². The van der Waals surface area contributed by atoms with Crippen molar-refractivity contribution in [3.63, 3.8) is 0 Å². The number of allylic oxidation sites excluding steroid dienone is 10. The molecular formula is C38H42. The lowest BCUT2D eigenvalue weighted by molar-refractivity contribution is 0.189. The molecule has 0 fully saturated rings. The Morgan fingerprint density at radius 1 is 0.789 bits per heavy atom. The number of hydrogen-bond donors (Lipinski definition) is 0. The van der Waals surface area contributed by atoms with Crippen LogP contribution in [0.4, 0.5) is 0 Å². The van der Waals surface area contributed by atoms with Gasteiger partial charge in [0.05, 0.1) is 0 Å². The molecule has 38 heavy (non-hydrogen) atoms. The Bertz CT molecular complexity index is 1450. The van der Waals surface area contributed by atoms with E-state index < -0.39 is 0 Å². The molecule has 0 N–H and O–H groups in total. The van der Waals surface area contributed by atoms with Crippen LogP contribution in [0.3, 0.4) is 0 Å². The summed E-state index contributed by atoms with van der Waals surface area (Å²) >= 11 is 0. The summed E-state index contributed by atoms with van der Waals surface area (Å²) in [7, 11) is 0. The van der Waals surface area contributed by atoms with Crippen molar-refractivity contribution in [2.75, 3.05) is 0 Å². The van der Waals surface area contributed by atoms with Crippen LogP contribution in [0.5, 0.6) is 0 Å². The maximum absolute atomic E-state index is 2.53. The van der Waals surface area contributed by atoms with Crippen molar-refractivity contribution in [2.45, 2.75) is 77.0 Å². The van der Waals surface area contributed by atoms with Crippen LogP contribution in [-0.4, -0.2) is 0 Å². The summed E-state index contributed by atoms with van der Waals surface area (Å²) in [5.41, 5.74) is 6.44. The van der Waals surface area contributed by atoms with Crippen LogP contribution < -0.4 is 0 Å². The lowest BCUT2D eigenvalue weighted by atomic mass is 9.59. The molecule has 7 rings (SSSR count). The molecule has 0 saturated carbocycles. The molecule has 0 heterocycles. The van der Waals surface area contributed by atoms with Gasteiger partial charge in [0.15, 0.2) is 0 Å². The molecule has 3 aromatic carbocycles. The quantitative estimate of drug-likeness (QED) is 0.242. The molecule has 4 aliphatic carbocycles. The largest absolute Gasteiger partial charge is 0.0885 e. The molecule has 0 aromatic heterocycles. The molecule has 3 atom stereocenters. The zero-order valence-corrected chi connectivity index (χ0v) is 23.3. The second kappa shape index (κ2) is 10.9. The summed E-state index contributed by atoms with van der Waals surface area (Å²) in [6.07, 6.45) is 29.4. The lowest BCUT2D eigenvalue weighted by Crippen LogP contribution is -2.38. The highest BCUT2D eigenvalue weighted by atomic mass is 14.5. The van der Waals surface area contributed by atoms with E-state index in [2.05, 4.69) is 111 Å². The van der Waals surface area contributed by atoms with Crippen molar-refractivity contribution >= 4 is 21.5 Å². The van der Waals surface area contributed by atoms with E-state index in [1.54, 1.807) is 11.1 Å².